The van der Waals surface area contributed by atoms with Gasteiger partial charge in [-0.3, -0.25) is 14.4 Å². The number of hydrogen-bond donors (Lipinski definition) is 1. The summed E-state index contributed by atoms with van der Waals surface area (Å²) in [4.78, 5) is 37.4. The monoisotopic (exact) mass is 474 g/mol. The van der Waals surface area contributed by atoms with Crippen molar-refractivity contribution in [3.8, 4) is 0 Å². The van der Waals surface area contributed by atoms with Crippen LogP contribution in [0.2, 0.25) is 0 Å². The molecule has 33 heavy (non-hydrogen) atoms. The highest BCUT2D eigenvalue weighted by Gasteiger charge is 2.59. The Bertz CT molecular complexity index is 948. The smallest absolute Gasteiger partial charge is 0.311 e. The number of Topliss-reactive ketones (excluding diaryl/α,β-unsaturated/α-hetero) is 1. The summed E-state index contributed by atoms with van der Waals surface area (Å²) in [5.74, 6) is -0.441. The van der Waals surface area contributed by atoms with Crippen LogP contribution in [0.25, 0.3) is 0 Å². The summed E-state index contributed by atoms with van der Waals surface area (Å²) >= 11 is 6.71. The van der Waals surface area contributed by atoms with Gasteiger partial charge in [0.2, 0.25) is 0 Å². The Morgan fingerprint density at radius 1 is 1.24 bits per heavy atom. The van der Waals surface area contributed by atoms with Crippen LogP contribution in [0.5, 0.6) is 0 Å². The lowest BCUT2D eigenvalue weighted by Crippen LogP contribution is -2.49. The fourth-order valence-corrected chi connectivity index (χ4v) is 7.54. The topological polar surface area (TPSA) is 80.7 Å². The van der Waals surface area contributed by atoms with Gasteiger partial charge in [-0.1, -0.05) is 44.5 Å². The molecule has 4 aliphatic rings. The Morgan fingerprint density at radius 3 is 2.67 bits per heavy atom. The highest BCUT2D eigenvalue weighted by molar-refractivity contribution is 6.32. The lowest BCUT2D eigenvalue weighted by Gasteiger charge is -2.55. The highest BCUT2D eigenvalue weighted by Crippen LogP contribution is 2.65. The fourth-order valence-electron chi connectivity index (χ4n) is 7.14. The third kappa shape index (κ3) is 3.95. The summed E-state index contributed by atoms with van der Waals surface area (Å²) in [5, 5.41) is 10.5. The van der Waals surface area contributed by atoms with Crippen molar-refractivity contribution >= 4 is 29.1 Å². The number of halogens is 1. The van der Waals surface area contributed by atoms with Gasteiger partial charge in [0.25, 0.3) is 0 Å². The molecule has 0 spiro atoms. The van der Waals surface area contributed by atoms with Crippen LogP contribution in [-0.2, 0) is 19.1 Å². The molecule has 5 nitrogen and oxygen atoms in total. The molecule has 8 atom stereocenters. The van der Waals surface area contributed by atoms with Gasteiger partial charge in [0, 0.05) is 16.4 Å². The van der Waals surface area contributed by atoms with Crippen molar-refractivity contribution in [1.82, 2.24) is 0 Å². The van der Waals surface area contributed by atoms with Crippen LogP contribution >= 0.6 is 11.6 Å². The summed E-state index contributed by atoms with van der Waals surface area (Å²) < 4.78 is 5.32. The van der Waals surface area contributed by atoms with Crippen molar-refractivity contribution < 1.29 is 24.2 Å². The number of allylic oxidation sites excluding steroid dienone is 6. The third-order valence-electron chi connectivity index (χ3n) is 9.27. The van der Waals surface area contributed by atoms with E-state index in [4.69, 9.17) is 16.3 Å². The number of rotatable bonds is 6. The third-order valence-corrected chi connectivity index (χ3v) is 9.60. The van der Waals surface area contributed by atoms with E-state index in [1.54, 1.807) is 19.1 Å². The minimum absolute atomic E-state index is 0.0185. The molecule has 0 aliphatic heterocycles. The van der Waals surface area contributed by atoms with E-state index >= 15 is 0 Å². The second-order valence-electron chi connectivity index (χ2n) is 10.9. The summed E-state index contributed by atoms with van der Waals surface area (Å²) in [6, 6.07) is 0. The first-order chi connectivity index (χ1) is 15.5. The SMILES string of the molecule is CCC(O)C(C)C(=O)OCC(=O)[C@H]1CC[C@H]2[C@@H]3C=C(Cl)C4=CC(=O)C=C[C@]4(C)[C@H]3CC[C@]12C. The van der Waals surface area contributed by atoms with Gasteiger partial charge in [-0.15, -0.1) is 0 Å². The summed E-state index contributed by atoms with van der Waals surface area (Å²) in [6.07, 6.45) is 10.8. The van der Waals surface area contributed by atoms with Crippen molar-refractivity contribution in [3.05, 3.63) is 34.9 Å². The molecule has 0 aromatic heterocycles. The van der Waals surface area contributed by atoms with E-state index in [-0.39, 0.29) is 40.8 Å². The molecule has 4 rings (SSSR count). The van der Waals surface area contributed by atoms with Gasteiger partial charge < -0.3 is 9.84 Å². The Morgan fingerprint density at radius 2 is 1.97 bits per heavy atom. The molecular weight excluding hydrogens is 440 g/mol. The first-order valence-electron chi connectivity index (χ1n) is 12.2. The number of fused-ring (bicyclic) bond motifs is 5. The predicted octanol–water partition coefficient (Wildman–Crippen LogP) is 4.77. The van der Waals surface area contributed by atoms with E-state index in [0.29, 0.717) is 23.3 Å². The largest absolute Gasteiger partial charge is 0.457 e. The van der Waals surface area contributed by atoms with Gasteiger partial charge in [-0.25, -0.2) is 0 Å². The molecule has 0 heterocycles. The quantitative estimate of drug-likeness (QED) is 0.560. The van der Waals surface area contributed by atoms with E-state index in [0.717, 1.165) is 31.3 Å². The molecule has 4 aliphatic carbocycles. The van der Waals surface area contributed by atoms with Gasteiger partial charge in [0.05, 0.1) is 12.0 Å². The van der Waals surface area contributed by atoms with Crippen LogP contribution in [-0.4, -0.2) is 35.4 Å². The number of hydrogen-bond acceptors (Lipinski definition) is 5. The minimum Gasteiger partial charge on any atom is -0.457 e. The number of ketones is 2. The second-order valence-corrected chi connectivity index (χ2v) is 11.3. The van der Waals surface area contributed by atoms with Gasteiger partial charge in [0.15, 0.2) is 11.6 Å². The molecule has 180 valence electrons. The molecule has 6 heteroatoms. The Labute approximate surface area is 201 Å². The van der Waals surface area contributed by atoms with Gasteiger partial charge >= 0.3 is 5.97 Å². The predicted molar refractivity (Wildman–Crippen MR) is 126 cm³/mol. The summed E-state index contributed by atoms with van der Waals surface area (Å²) in [5.41, 5.74) is 0.487. The summed E-state index contributed by atoms with van der Waals surface area (Å²) in [6.45, 7) is 7.60. The number of carbonyl (C=O) groups is 3. The first kappa shape index (κ1) is 24.4. The molecule has 0 aromatic carbocycles. The molecule has 2 saturated carbocycles. The average molecular weight is 475 g/mol. The van der Waals surface area contributed by atoms with Crippen LogP contribution in [0.4, 0.5) is 0 Å². The number of aliphatic hydroxyl groups excluding tert-OH is 1. The normalized spacial score (nSPS) is 38.9. The molecule has 0 bridgehead atoms. The van der Waals surface area contributed by atoms with Crippen LogP contribution in [0.15, 0.2) is 34.9 Å². The van der Waals surface area contributed by atoms with E-state index in [1.165, 1.54) is 0 Å². The number of esters is 1. The summed E-state index contributed by atoms with van der Waals surface area (Å²) in [7, 11) is 0. The maximum atomic E-state index is 13.2. The van der Waals surface area contributed by atoms with Gasteiger partial charge in [-0.2, -0.15) is 0 Å². The molecule has 2 unspecified atom stereocenters. The molecule has 2 fully saturated rings. The maximum absolute atomic E-state index is 13.2. The van der Waals surface area contributed by atoms with Crippen LogP contribution in [0.3, 0.4) is 0 Å². The number of ether oxygens (including phenoxy) is 1. The second kappa shape index (κ2) is 8.81. The van der Waals surface area contributed by atoms with Crippen LogP contribution in [0, 0.1) is 40.4 Å². The lowest BCUT2D eigenvalue weighted by atomic mass is 9.49. The van der Waals surface area contributed by atoms with Gasteiger partial charge in [0.1, 0.15) is 6.61 Å². The Balaban J connectivity index is 1.51. The van der Waals surface area contributed by atoms with Crippen molar-refractivity contribution in [2.45, 2.75) is 65.9 Å². The van der Waals surface area contributed by atoms with Crippen molar-refractivity contribution in [3.63, 3.8) is 0 Å². The highest BCUT2D eigenvalue weighted by atomic mass is 35.5. The zero-order valence-corrected chi connectivity index (χ0v) is 20.7. The van der Waals surface area contributed by atoms with E-state index in [1.807, 2.05) is 13.0 Å². The molecule has 0 saturated heterocycles. The average Bonchev–Trinajstić information content (AvgIpc) is 3.15. The number of carbonyl (C=O) groups excluding carboxylic acids is 3. The Kier molecular flexibility index (Phi) is 6.52. The molecule has 0 radical (unpaired) electrons. The van der Waals surface area contributed by atoms with Crippen molar-refractivity contribution in [2.24, 2.45) is 40.4 Å². The maximum Gasteiger partial charge on any atom is 0.311 e. The zero-order chi connectivity index (χ0) is 24.1. The minimum atomic E-state index is -0.761. The van der Waals surface area contributed by atoms with Gasteiger partial charge in [-0.05, 0) is 79.9 Å². The van der Waals surface area contributed by atoms with E-state index < -0.39 is 18.0 Å². The van der Waals surface area contributed by atoms with E-state index in [2.05, 4.69) is 19.9 Å². The van der Waals surface area contributed by atoms with Crippen molar-refractivity contribution in [1.29, 1.82) is 0 Å². The van der Waals surface area contributed by atoms with Crippen molar-refractivity contribution in [2.75, 3.05) is 6.61 Å². The molecule has 0 amide bonds. The first-order valence-corrected chi connectivity index (χ1v) is 12.6. The molecular formula is C27H35ClO5. The van der Waals surface area contributed by atoms with Crippen LogP contribution < -0.4 is 0 Å². The molecule has 0 aromatic rings. The van der Waals surface area contributed by atoms with E-state index in [9.17, 15) is 19.5 Å². The Hall–Kier alpha value is -1.72. The zero-order valence-electron chi connectivity index (χ0n) is 20.0. The van der Waals surface area contributed by atoms with Crippen LogP contribution in [0.1, 0.15) is 59.8 Å². The fraction of sp³-hybridized carbons (Fsp3) is 0.667. The standard InChI is InChI=1S/C27H35ClO5/c1-5-23(30)15(2)25(32)33-14-24(31)20-7-6-18-17-13-22(28)21-12-16(29)8-10-27(21,4)19(17)9-11-26(18,20)3/h8,10,12-13,15,17-20,23,30H,5-7,9,11,14H2,1-4H3/t15?,17-,18-,19-,20+,23?,26-,27+/m0/s1. The molecule has 1 N–H and O–H groups in total. The lowest BCUT2D eigenvalue weighted by molar-refractivity contribution is -0.157. The number of aliphatic hydroxyl groups is 1.